The average Bonchev–Trinajstić information content (AvgIpc) is 2.34. The van der Waals surface area contributed by atoms with Gasteiger partial charge in [0.2, 0.25) is 5.91 Å². The van der Waals surface area contributed by atoms with Gasteiger partial charge in [-0.15, -0.1) is 6.58 Å². The van der Waals surface area contributed by atoms with Crippen molar-refractivity contribution >= 4 is 23.2 Å². The molecule has 0 heterocycles. The van der Waals surface area contributed by atoms with Crippen molar-refractivity contribution < 1.29 is 9.90 Å². The predicted molar refractivity (Wildman–Crippen MR) is 78.5 cm³/mol. The number of aryl methyl sites for hydroxylation is 1. The van der Waals surface area contributed by atoms with E-state index in [1.807, 2.05) is 19.1 Å². The van der Waals surface area contributed by atoms with Gasteiger partial charge in [-0.2, -0.15) is 0 Å². The summed E-state index contributed by atoms with van der Waals surface area (Å²) in [5.41, 5.74) is 1.64. The molecule has 0 aromatic heterocycles. The van der Waals surface area contributed by atoms with Crippen LogP contribution in [0.15, 0.2) is 30.9 Å². The number of hydrogen-bond donors (Lipinski definition) is 2. The zero-order valence-electron chi connectivity index (χ0n) is 11.0. The van der Waals surface area contributed by atoms with E-state index in [1.54, 1.807) is 17.0 Å². The van der Waals surface area contributed by atoms with Crippen LogP contribution in [-0.2, 0) is 4.79 Å². The quantitative estimate of drug-likeness (QED) is 0.753. The van der Waals surface area contributed by atoms with Gasteiger partial charge < -0.3 is 10.4 Å². The number of amides is 1. The van der Waals surface area contributed by atoms with Gasteiger partial charge in [0, 0.05) is 23.8 Å². The van der Waals surface area contributed by atoms with E-state index in [2.05, 4.69) is 11.9 Å². The van der Waals surface area contributed by atoms with Crippen LogP contribution in [0.25, 0.3) is 0 Å². The van der Waals surface area contributed by atoms with Gasteiger partial charge in [0.15, 0.2) is 0 Å². The Balaban J connectivity index is 2.57. The molecular weight excluding hydrogens is 264 g/mol. The molecule has 5 heteroatoms. The van der Waals surface area contributed by atoms with Gasteiger partial charge in [0.1, 0.15) is 0 Å². The highest BCUT2D eigenvalue weighted by molar-refractivity contribution is 6.31. The Morgan fingerprint density at radius 3 is 2.89 bits per heavy atom. The van der Waals surface area contributed by atoms with Crippen molar-refractivity contribution in [2.45, 2.75) is 6.92 Å². The second-order valence-corrected chi connectivity index (χ2v) is 4.67. The number of benzene rings is 1. The van der Waals surface area contributed by atoms with E-state index in [0.29, 0.717) is 23.8 Å². The summed E-state index contributed by atoms with van der Waals surface area (Å²) in [6.45, 7) is 6.74. The smallest absolute Gasteiger partial charge is 0.238 e. The van der Waals surface area contributed by atoms with E-state index in [9.17, 15) is 4.79 Å². The number of anilines is 1. The van der Waals surface area contributed by atoms with Gasteiger partial charge in [0.25, 0.3) is 0 Å². The third kappa shape index (κ3) is 5.42. The molecule has 4 nitrogen and oxygen atoms in total. The van der Waals surface area contributed by atoms with Crippen molar-refractivity contribution in [2.75, 3.05) is 31.6 Å². The highest BCUT2D eigenvalue weighted by Crippen LogP contribution is 2.19. The molecule has 19 heavy (non-hydrogen) atoms. The minimum Gasteiger partial charge on any atom is -0.395 e. The highest BCUT2D eigenvalue weighted by atomic mass is 35.5. The van der Waals surface area contributed by atoms with Crippen LogP contribution in [0.2, 0.25) is 5.02 Å². The summed E-state index contributed by atoms with van der Waals surface area (Å²) in [5, 5.41) is 12.3. The third-order valence-corrected chi connectivity index (χ3v) is 3.03. The van der Waals surface area contributed by atoms with E-state index in [0.717, 1.165) is 5.56 Å². The van der Waals surface area contributed by atoms with Gasteiger partial charge in [-0.05, 0) is 24.6 Å². The van der Waals surface area contributed by atoms with Gasteiger partial charge in [-0.1, -0.05) is 23.7 Å². The first kappa shape index (κ1) is 15.7. The highest BCUT2D eigenvalue weighted by Gasteiger charge is 2.09. The number of hydrogen-bond acceptors (Lipinski definition) is 3. The summed E-state index contributed by atoms with van der Waals surface area (Å²) in [5.74, 6) is -0.143. The van der Waals surface area contributed by atoms with Crippen molar-refractivity contribution in [3.63, 3.8) is 0 Å². The normalized spacial score (nSPS) is 10.5. The molecule has 0 aliphatic carbocycles. The maximum Gasteiger partial charge on any atom is 0.238 e. The van der Waals surface area contributed by atoms with Crippen LogP contribution in [0.3, 0.4) is 0 Å². The SMILES string of the molecule is C=CCN(CCO)CC(=O)Nc1ccc(C)c(Cl)c1. The fourth-order valence-corrected chi connectivity index (χ4v) is 1.81. The summed E-state index contributed by atoms with van der Waals surface area (Å²) in [4.78, 5) is 13.7. The predicted octanol–water partition coefficient (Wildman–Crippen LogP) is 2.07. The lowest BCUT2D eigenvalue weighted by molar-refractivity contribution is -0.117. The van der Waals surface area contributed by atoms with Crippen LogP contribution >= 0.6 is 11.6 Å². The number of carbonyl (C=O) groups is 1. The van der Waals surface area contributed by atoms with Crippen LogP contribution in [-0.4, -0.2) is 42.2 Å². The lowest BCUT2D eigenvalue weighted by Gasteiger charge is -2.18. The van der Waals surface area contributed by atoms with E-state index in [-0.39, 0.29) is 19.1 Å². The molecule has 2 N–H and O–H groups in total. The number of aliphatic hydroxyl groups excluding tert-OH is 1. The largest absolute Gasteiger partial charge is 0.395 e. The third-order valence-electron chi connectivity index (χ3n) is 2.63. The molecule has 0 saturated heterocycles. The molecule has 104 valence electrons. The molecule has 0 unspecified atom stereocenters. The van der Waals surface area contributed by atoms with Crippen LogP contribution in [0.4, 0.5) is 5.69 Å². The second kappa shape index (κ2) is 7.94. The summed E-state index contributed by atoms with van der Waals surface area (Å²) in [6.07, 6.45) is 1.70. The molecule has 0 aliphatic heterocycles. The Labute approximate surface area is 118 Å². The van der Waals surface area contributed by atoms with Crippen LogP contribution < -0.4 is 5.32 Å². The molecule has 0 bridgehead atoms. The van der Waals surface area contributed by atoms with Crippen LogP contribution in [0.5, 0.6) is 0 Å². The van der Waals surface area contributed by atoms with E-state index in [1.165, 1.54) is 0 Å². The zero-order valence-corrected chi connectivity index (χ0v) is 11.8. The minimum atomic E-state index is -0.143. The molecule has 1 rings (SSSR count). The fraction of sp³-hybridized carbons (Fsp3) is 0.357. The Bertz CT molecular complexity index is 449. The molecule has 0 radical (unpaired) electrons. The number of halogens is 1. The van der Waals surface area contributed by atoms with Gasteiger partial charge in [-0.25, -0.2) is 0 Å². The lowest BCUT2D eigenvalue weighted by Crippen LogP contribution is -2.35. The molecule has 0 spiro atoms. The van der Waals surface area contributed by atoms with Gasteiger partial charge >= 0.3 is 0 Å². The van der Waals surface area contributed by atoms with Gasteiger partial charge in [-0.3, -0.25) is 9.69 Å². The molecule has 0 atom stereocenters. The molecule has 1 aromatic rings. The molecule has 0 saturated carbocycles. The summed E-state index contributed by atoms with van der Waals surface area (Å²) in [6, 6.07) is 5.38. The Kier molecular flexibility index (Phi) is 6.56. The topological polar surface area (TPSA) is 52.6 Å². The monoisotopic (exact) mass is 282 g/mol. The number of nitrogens with zero attached hydrogens (tertiary/aromatic N) is 1. The van der Waals surface area contributed by atoms with Crippen molar-refractivity contribution in [3.8, 4) is 0 Å². The number of rotatable bonds is 7. The van der Waals surface area contributed by atoms with Crippen molar-refractivity contribution in [3.05, 3.63) is 41.4 Å². The summed E-state index contributed by atoms with van der Waals surface area (Å²) < 4.78 is 0. The summed E-state index contributed by atoms with van der Waals surface area (Å²) >= 11 is 5.99. The second-order valence-electron chi connectivity index (χ2n) is 4.26. The van der Waals surface area contributed by atoms with Crippen molar-refractivity contribution in [2.24, 2.45) is 0 Å². The van der Waals surface area contributed by atoms with E-state index in [4.69, 9.17) is 16.7 Å². The molecule has 0 aliphatic rings. The van der Waals surface area contributed by atoms with E-state index >= 15 is 0 Å². The first-order valence-electron chi connectivity index (χ1n) is 6.07. The van der Waals surface area contributed by atoms with Gasteiger partial charge in [0.05, 0.1) is 13.2 Å². The zero-order chi connectivity index (χ0) is 14.3. The maximum atomic E-state index is 11.9. The Morgan fingerprint density at radius 1 is 1.58 bits per heavy atom. The molecule has 1 amide bonds. The number of aliphatic hydroxyl groups is 1. The van der Waals surface area contributed by atoms with E-state index < -0.39 is 0 Å². The fourth-order valence-electron chi connectivity index (χ4n) is 1.63. The van der Waals surface area contributed by atoms with Crippen molar-refractivity contribution in [1.82, 2.24) is 4.90 Å². The van der Waals surface area contributed by atoms with Crippen LogP contribution in [0.1, 0.15) is 5.56 Å². The first-order chi connectivity index (χ1) is 9.06. The van der Waals surface area contributed by atoms with Crippen LogP contribution in [0, 0.1) is 6.92 Å². The average molecular weight is 283 g/mol. The Hall–Kier alpha value is -1.36. The Morgan fingerprint density at radius 2 is 2.32 bits per heavy atom. The number of nitrogens with one attached hydrogen (secondary N) is 1. The standard InChI is InChI=1S/C14H19ClN2O2/c1-3-6-17(7-8-18)10-14(19)16-12-5-4-11(2)13(15)9-12/h3-5,9,18H,1,6-8,10H2,2H3,(H,16,19). The maximum absolute atomic E-state index is 11.9. The van der Waals surface area contributed by atoms with Crippen molar-refractivity contribution in [1.29, 1.82) is 0 Å². The summed E-state index contributed by atoms with van der Waals surface area (Å²) in [7, 11) is 0. The lowest BCUT2D eigenvalue weighted by atomic mass is 10.2. The molecule has 0 fully saturated rings. The molecular formula is C14H19ClN2O2. The molecule has 1 aromatic carbocycles. The minimum absolute atomic E-state index is 0.0114. The first-order valence-corrected chi connectivity index (χ1v) is 6.44. The number of carbonyl (C=O) groups excluding carboxylic acids is 1.